The van der Waals surface area contributed by atoms with Gasteiger partial charge in [0.05, 0.1) is 13.2 Å². The molecule has 0 saturated heterocycles. The van der Waals surface area contributed by atoms with Gasteiger partial charge in [-0.15, -0.1) is 0 Å². The summed E-state index contributed by atoms with van der Waals surface area (Å²) in [6.45, 7) is 11.7. The van der Waals surface area contributed by atoms with Crippen molar-refractivity contribution in [1.29, 1.82) is 0 Å². The average Bonchev–Trinajstić information content (AvgIpc) is 2.40. The summed E-state index contributed by atoms with van der Waals surface area (Å²) in [6.07, 6.45) is -0.854. The van der Waals surface area contributed by atoms with E-state index < -0.39 is 38.6 Å². The van der Waals surface area contributed by atoms with Gasteiger partial charge in [-0.1, -0.05) is 20.8 Å². The van der Waals surface area contributed by atoms with E-state index in [0.29, 0.717) is 5.57 Å². The summed E-state index contributed by atoms with van der Waals surface area (Å²) in [7, 11) is -0.868. The van der Waals surface area contributed by atoms with Gasteiger partial charge in [0.1, 0.15) is 12.2 Å². The van der Waals surface area contributed by atoms with Crippen LogP contribution in [0, 0.1) is 0 Å². The molecule has 0 unspecified atom stereocenters. The topological polar surface area (TPSA) is 82.1 Å². The molecule has 132 valence electrons. The highest BCUT2D eigenvalue weighted by Gasteiger charge is 2.44. The highest BCUT2D eigenvalue weighted by molar-refractivity contribution is 6.74. The Morgan fingerprint density at radius 1 is 1.30 bits per heavy atom. The zero-order valence-corrected chi connectivity index (χ0v) is 16.0. The van der Waals surface area contributed by atoms with Crippen LogP contribution >= 0.6 is 0 Å². The highest BCUT2D eigenvalue weighted by atomic mass is 28.4. The van der Waals surface area contributed by atoms with Crippen LogP contribution in [0.2, 0.25) is 18.1 Å². The van der Waals surface area contributed by atoms with E-state index in [2.05, 4.69) is 33.9 Å². The number of methoxy groups -OCH3 is 1. The molecule has 1 N–H and O–H groups in total. The van der Waals surface area contributed by atoms with Gasteiger partial charge >= 0.3 is 11.9 Å². The maximum atomic E-state index is 11.9. The molecule has 0 aromatic rings. The van der Waals surface area contributed by atoms with E-state index in [-0.39, 0.29) is 11.5 Å². The first-order valence-electron chi connectivity index (χ1n) is 7.71. The van der Waals surface area contributed by atoms with Crippen molar-refractivity contribution in [2.45, 2.75) is 70.6 Å². The number of carbonyl (C=O) groups excluding carboxylic acids is 2. The Labute approximate surface area is 138 Å². The van der Waals surface area contributed by atoms with Gasteiger partial charge in [-0.2, -0.15) is 0 Å². The van der Waals surface area contributed by atoms with Crippen molar-refractivity contribution >= 4 is 20.3 Å². The second-order valence-electron chi connectivity index (χ2n) is 7.37. The van der Waals surface area contributed by atoms with E-state index >= 15 is 0 Å². The molecule has 6 nitrogen and oxygen atoms in total. The third-order valence-corrected chi connectivity index (χ3v) is 9.01. The van der Waals surface area contributed by atoms with Gasteiger partial charge in [-0.25, -0.2) is 4.79 Å². The van der Waals surface area contributed by atoms with Crippen molar-refractivity contribution < 1.29 is 28.6 Å². The third-order valence-electron chi connectivity index (χ3n) is 4.51. The molecule has 0 radical (unpaired) electrons. The quantitative estimate of drug-likeness (QED) is 0.622. The normalized spacial score (nSPS) is 25.6. The Kier molecular flexibility index (Phi) is 6.17. The number of ether oxygens (including phenoxy) is 2. The molecular weight excluding hydrogens is 316 g/mol. The molecule has 0 saturated carbocycles. The van der Waals surface area contributed by atoms with Crippen LogP contribution in [0.4, 0.5) is 0 Å². The van der Waals surface area contributed by atoms with Gasteiger partial charge in [0, 0.05) is 18.9 Å². The predicted molar refractivity (Wildman–Crippen MR) is 88.3 cm³/mol. The Balaban J connectivity index is 3.07. The lowest BCUT2D eigenvalue weighted by molar-refractivity contribution is -0.154. The number of hydrogen-bond acceptors (Lipinski definition) is 6. The van der Waals surface area contributed by atoms with Crippen LogP contribution in [0.25, 0.3) is 0 Å². The SMILES string of the molecule is COC(=O)C1=C[C@@H](OC(C)=O)[C@@H](O)[C@H](O[Si](C)(C)C(C)(C)C)C1. The number of esters is 2. The first-order chi connectivity index (χ1) is 10.4. The molecule has 3 atom stereocenters. The Morgan fingerprint density at radius 3 is 2.30 bits per heavy atom. The van der Waals surface area contributed by atoms with Gasteiger partial charge < -0.3 is 19.0 Å². The maximum absolute atomic E-state index is 11.9. The summed E-state index contributed by atoms with van der Waals surface area (Å²) in [5.41, 5.74) is 0.354. The second kappa shape index (κ2) is 7.15. The molecule has 0 aliphatic heterocycles. The summed E-state index contributed by atoms with van der Waals surface area (Å²) in [5.74, 6) is -1.03. The van der Waals surface area contributed by atoms with Crippen LogP contribution in [0.1, 0.15) is 34.1 Å². The molecule has 7 heteroatoms. The van der Waals surface area contributed by atoms with Gasteiger partial charge in [0.25, 0.3) is 0 Å². The standard InChI is InChI=1S/C16H28O6Si/c1-10(17)21-12-8-11(15(19)20-5)9-13(14(12)18)22-23(6,7)16(2,3)4/h8,12-14,18H,9H2,1-7H3/t12-,13-,14-/m1/s1. The molecule has 1 aliphatic rings. The van der Waals surface area contributed by atoms with Crippen molar-refractivity contribution in [2.75, 3.05) is 7.11 Å². The minimum Gasteiger partial charge on any atom is -0.466 e. The van der Waals surface area contributed by atoms with E-state index in [4.69, 9.17) is 13.9 Å². The lowest BCUT2D eigenvalue weighted by atomic mass is 9.92. The lowest BCUT2D eigenvalue weighted by Gasteiger charge is -2.42. The first-order valence-corrected chi connectivity index (χ1v) is 10.6. The Bertz CT molecular complexity index is 491. The molecule has 1 aliphatic carbocycles. The van der Waals surface area contributed by atoms with E-state index in [0.717, 1.165) is 0 Å². The third kappa shape index (κ3) is 4.89. The van der Waals surface area contributed by atoms with E-state index in [1.54, 1.807) is 0 Å². The molecule has 1 rings (SSSR count). The molecular formula is C16H28O6Si. The zero-order valence-electron chi connectivity index (χ0n) is 15.0. The van der Waals surface area contributed by atoms with Gasteiger partial charge in [0.2, 0.25) is 0 Å². The molecule has 0 aromatic carbocycles. The maximum Gasteiger partial charge on any atom is 0.333 e. The molecule has 0 spiro atoms. The van der Waals surface area contributed by atoms with Crippen LogP contribution in [-0.2, 0) is 23.5 Å². The minimum absolute atomic E-state index is 0.0454. The molecule has 0 fully saturated rings. The smallest absolute Gasteiger partial charge is 0.333 e. The monoisotopic (exact) mass is 344 g/mol. The molecule has 0 bridgehead atoms. The van der Waals surface area contributed by atoms with E-state index in [1.165, 1.54) is 20.1 Å². The Hall–Kier alpha value is -1.18. The van der Waals surface area contributed by atoms with E-state index in [1.807, 2.05) is 0 Å². The fourth-order valence-electron chi connectivity index (χ4n) is 2.16. The highest BCUT2D eigenvalue weighted by Crippen LogP contribution is 2.39. The number of aliphatic hydroxyl groups excluding tert-OH is 1. The van der Waals surface area contributed by atoms with Crippen molar-refractivity contribution in [3.05, 3.63) is 11.6 Å². The summed E-state index contributed by atoms with van der Waals surface area (Å²) in [5, 5.41) is 10.5. The van der Waals surface area contributed by atoms with Crippen LogP contribution < -0.4 is 0 Å². The van der Waals surface area contributed by atoms with Crippen LogP contribution in [-0.4, -0.2) is 50.8 Å². The molecule has 0 heterocycles. The number of rotatable bonds is 4. The summed E-state index contributed by atoms with van der Waals surface area (Å²) < 4.78 is 16.1. The summed E-state index contributed by atoms with van der Waals surface area (Å²) >= 11 is 0. The van der Waals surface area contributed by atoms with Gasteiger partial charge in [-0.3, -0.25) is 4.79 Å². The lowest BCUT2D eigenvalue weighted by Crippen LogP contribution is -2.52. The second-order valence-corrected chi connectivity index (χ2v) is 12.1. The number of hydrogen-bond donors (Lipinski definition) is 1. The van der Waals surface area contributed by atoms with Crippen molar-refractivity contribution in [2.24, 2.45) is 0 Å². The molecule has 23 heavy (non-hydrogen) atoms. The number of aliphatic hydroxyl groups is 1. The fraction of sp³-hybridized carbons (Fsp3) is 0.750. The van der Waals surface area contributed by atoms with Crippen molar-refractivity contribution in [1.82, 2.24) is 0 Å². The minimum atomic E-state index is -2.16. The molecule has 0 amide bonds. The fourth-order valence-corrected chi connectivity index (χ4v) is 3.49. The van der Waals surface area contributed by atoms with Crippen LogP contribution in [0.5, 0.6) is 0 Å². The van der Waals surface area contributed by atoms with Gasteiger partial charge in [0.15, 0.2) is 8.32 Å². The van der Waals surface area contributed by atoms with Gasteiger partial charge in [-0.05, 0) is 24.2 Å². The summed E-state index contributed by atoms with van der Waals surface area (Å²) in [4.78, 5) is 23.1. The first kappa shape index (κ1) is 19.9. The number of carbonyl (C=O) groups is 2. The van der Waals surface area contributed by atoms with Crippen LogP contribution in [0.3, 0.4) is 0 Å². The average molecular weight is 344 g/mol. The van der Waals surface area contributed by atoms with Crippen molar-refractivity contribution in [3.63, 3.8) is 0 Å². The Morgan fingerprint density at radius 2 is 1.87 bits per heavy atom. The zero-order chi connectivity index (χ0) is 18.0. The van der Waals surface area contributed by atoms with Crippen molar-refractivity contribution in [3.8, 4) is 0 Å². The van der Waals surface area contributed by atoms with E-state index in [9.17, 15) is 14.7 Å². The largest absolute Gasteiger partial charge is 0.466 e. The molecule has 0 aromatic heterocycles. The predicted octanol–water partition coefficient (Wildman–Crippen LogP) is 2.17. The summed E-state index contributed by atoms with van der Waals surface area (Å²) in [6, 6.07) is 0. The van der Waals surface area contributed by atoms with Crippen LogP contribution in [0.15, 0.2) is 11.6 Å².